The van der Waals surface area contributed by atoms with Crippen molar-refractivity contribution < 1.29 is 14.6 Å². The first-order valence-electron chi connectivity index (χ1n) is 11.1. The molecule has 0 aromatic carbocycles. The van der Waals surface area contributed by atoms with Gasteiger partial charge in [0, 0.05) is 18.4 Å². The predicted molar refractivity (Wildman–Crippen MR) is 103 cm³/mol. The van der Waals surface area contributed by atoms with E-state index in [-0.39, 0.29) is 23.0 Å². The van der Waals surface area contributed by atoms with Crippen LogP contribution >= 0.6 is 0 Å². The molecule has 4 saturated carbocycles. The lowest BCUT2D eigenvalue weighted by Crippen LogP contribution is -2.57. The Morgan fingerprint density at radius 3 is 2.65 bits per heavy atom. The van der Waals surface area contributed by atoms with Crippen LogP contribution in [-0.2, 0) is 9.53 Å². The van der Waals surface area contributed by atoms with E-state index >= 15 is 0 Å². The van der Waals surface area contributed by atoms with Crippen molar-refractivity contribution >= 4 is 5.78 Å². The maximum Gasteiger partial charge on any atom is 0.139 e. The molecule has 0 heterocycles. The third-order valence-corrected chi connectivity index (χ3v) is 9.01. The Morgan fingerprint density at radius 1 is 1.15 bits per heavy atom. The highest BCUT2D eigenvalue weighted by molar-refractivity contribution is 5.87. The van der Waals surface area contributed by atoms with Crippen LogP contribution in [0.3, 0.4) is 0 Å². The minimum atomic E-state index is -0.301. The van der Waals surface area contributed by atoms with Gasteiger partial charge in [0.1, 0.15) is 5.78 Å². The summed E-state index contributed by atoms with van der Waals surface area (Å²) in [6.45, 7) is 9.85. The molecule has 4 rings (SSSR count). The van der Waals surface area contributed by atoms with Gasteiger partial charge in [0.25, 0.3) is 0 Å². The van der Waals surface area contributed by atoms with E-state index in [0.29, 0.717) is 35.4 Å². The molecule has 0 spiro atoms. The van der Waals surface area contributed by atoms with Gasteiger partial charge in [-0.1, -0.05) is 27.7 Å². The zero-order valence-corrected chi connectivity index (χ0v) is 17.2. The van der Waals surface area contributed by atoms with Crippen molar-refractivity contribution in [3.63, 3.8) is 0 Å². The maximum absolute atomic E-state index is 12.6. The fourth-order valence-electron chi connectivity index (χ4n) is 7.51. The van der Waals surface area contributed by atoms with Crippen LogP contribution in [0.4, 0.5) is 0 Å². The largest absolute Gasteiger partial charge is 0.390 e. The highest BCUT2D eigenvalue weighted by Crippen LogP contribution is 2.65. The molecule has 0 radical (unpaired) electrons. The number of hydrogen-bond acceptors (Lipinski definition) is 3. The van der Waals surface area contributed by atoms with E-state index in [1.165, 1.54) is 19.3 Å². The summed E-state index contributed by atoms with van der Waals surface area (Å²) in [7, 11) is 0. The van der Waals surface area contributed by atoms with Crippen LogP contribution in [0.2, 0.25) is 0 Å². The van der Waals surface area contributed by atoms with Crippen molar-refractivity contribution in [1.29, 1.82) is 0 Å². The van der Waals surface area contributed by atoms with Crippen molar-refractivity contribution in [3.8, 4) is 0 Å². The molecule has 4 aliphatic carbocycles. The number of aliphatic hydroxyl groups excluding tert-OH is 1. The first-order chi connectivity index (χ1) is 12.3. The van der Waals surface area contributed by atoms with Gasteiger partial charge in [-0.05, 0) is 80.0 Å². The van der Waals surface area contributed by atoms with E-state index in [9.17, 15) is 9.90 Å². The van der Waals surface area contributed by atoms with Crippen molar-refractivity contribution in [2.45, 2.75) is 91.3 Å². The quantitative estimate of drug-likeness (QED) is 0.797. The second-order valence-electron chi connectivity index (χ2n) is 10.8. The SMILES string of the molecule is CC(C)COC1CC2(C)C(CCC3C4CCC(=O)C4(C)CCC32)CC1O. The van der Waals surface area contributed by atoms with Gasteiger partial charge < -0.3 is 9.84 Å². The number of hydrogen-bond donors (Lipinski definition) is 1. The lowest BCUT2D eigenvalue weighted by molar-refractivity contribution is -0.173. The molecule has 4 fully saturated rings. The van der Waals surface area contributed by atoms with E-state index < -0.39 is 0 Å². The summed E-state index contributed by atoms with van der Waals surface area (Å²) >= 11 is 0. The highest BCUT2D eigenvalue weighted by atomic mass is 16.5. The van der Waals surface area contributed by atoms with Crippen molar-refractivity contribution in [2.75, 3.05) is 6.61 Å². The summed E-state index contributed by atoms with van der Waals surface area (Å²) in [6, 6.07) is 0. The molecular weight excluding hydrogens is 324 g/mol. The van der Waals surface area contributed by atoms with Crippen LogP contribution in [0.15, 0.2) is 0 Å². The minimum absolute atomic E-state index is 0.00378. The van der Waals surface area contributed by atoms with E-state index in [2.05, 4.69) is 27.7 Å². The molecule has 4 aliphatic rings. The van der Waals surface area contributed by atoms with Gasteiger partial charge in [0.15, 0.2) is 0 Å². The Labute approximate surface area is 159 Å². The zero-order chi connectivity index (χ0) is 18.7. The van der Waals surface area contributed by atoms with E-state index in [1.807, 2.05) is 0 Å². The molecule has 0 aromatic rings. The van der Waals surface area contributed by atoms with Gasteiger partial charge >= 0.3 is 0 Å². The fourth-order valence-corrected chi connectivity index (χ4v) is 7.51. The number of rotatable bonds is 3. The second-order valence-corrected chi connectivity index (χ2v) is 10.8. The molecule has 0 aromatic heterocycles. The summed E-state index contributed by atoms with van der Waals surface area (Å²) in [6.07, 6.45) is 8.31. The predicted octanol–water partition coefficient (Wildman–Crippen LogP) is 4.61. The molecule has 0 aliphatic heterocycles. The van der Waals surface area contributed by atoms with Crippen LogP contribution in [0.5, 0.6) is 0 Å². The minimum Gasteiger partial charge on any atom is -0.390 e. The average molecular weight is 363 g/mol. The smallest absolute Gasteiger partial charge is 0.139 e. The number of ketones is 1. The normalized spacial score (nSPS) is 51.1. The van der Waals surface area contributed by atoms with Crippen LogP contribution in [-0.4, -0.2) is 29.7 Å². The molecule has 0 bridgehead atoms. The van der Waals surface area contributed by atoms with Crippen LogP contribution in [0.25, 0.3) is 0 Å². The first-order valence-corrected chi connectivity index (χ1v) is 11.1. The highest BCUT2D eigenvalue weighted by Gasteiger charge is 2.61. The van der Waals surface area contributed by atoms with Crippen molar-refractivity contribution in [3.05, 3.63) is 0 Å². The summed E-state index contributed by atoms with van der Waals surface area (Å²) in [5.41, 5.74) is 0.239. The van der Waals surface area contributed by atoms with E-state index in [1.54, 1.807) is 0 Å². The summed E-state index contributed by atoms with van der Waals surface area (Å²) in [5.74, 6) is 3.69. The zero-order valence-electron chi connectivity index (χ0n) is 17.2. The van der Waals surface area contributed by atoms with Crippen LogP contribution < -0.4 is 0 Å². The Kier molecular flexibility index (Phi) is 4.79. The number of Topliss-reactive ketones (excluding diaryl/α,β-unsaturated/α-hetero) is 1. The molecule has 1 N–H and O–H groups in total. The Bertz CT molecular complexity index is 558. The van der Waals surface area contributed by atoms with Gasteiger partial charge in [-0.3, -0.25) is 4.79 Å². The van der Waals surface area contributed by atoms with Crippen molar-refractivity contribution in [2.24, 2.45) is 40.4 Å². The summed E-state index contributed by atoms with van der Waals surface area (Å²) in [4.78, 5) is 12.6. The average Bonchev–Trinajstić information content (AvgIpc) is 2.89. The monoisotopic (exact) mass is 362 g/mol. The molecule has 148 valence electrons. The van der Waals surface area contributed by atoms with Gasteiger partial charge in [-0.25, -0.2) is 0 Å². The molecule has 26 heavy (non-hydrogen) atoms. The van der Waals surface area contributed by atoms with E-state index in [0.717, 1.165) is 38.7 Å². The number of ether oxygens (including phenoxy) is 1. The Balaban J connectivity index is 1.56. The fraction of sp³-hybridized carbons (Fsp3) is 0.957. The molecule has 0 amide bonds. The number of carbonyl (C=O) groups excluding carboxylic acids is 1. The Hall–Kier alpha value is -0.410. The van der Waals surface area contributed by atoms with Gasteiger partial charge in [0.05, 0.1) is 12.2 Å². The molecule has 3 heteroatoms. The van der Waals surface area contributed by atoms with Gasteiger partial charge in [0.2, 0.25) is 0 Å². The molecule has 0 saturated heterocycles. The van der Waals surface area contributed by atoms with Gasteiger partial charge in [-0.15, -0.1) is 0 Å². The number of aliphatic hydroxyl groups is 1. The third kappa shape index (κ3) is 2.80. The van der Waals surface area contributed by atoms with Gasteiger partial charge in [-0.2, -0.15) is 0 Å². The van der Waals surface area contributed by atoms with Crippen molar-refractivity contribution in [1.82, 2.24) is 0 Å². The lowest BCUT2D eigenvalue weighted by atomic mass is 9.45. The molecular formula is C23H38O3. The number of carbonyl (C=O) groups is 1. The first kappa shape index (κ1) is 18.9. The molecule has 8 unspecified atom stereocenters. The standard InChI is InChI=1S/C23H38O3/c1-14(2)13-26-20-12-23(4)15(11-19(20)24)5-6-16-17-7-8-21(25)22(17,3)10-9-18(16)23/h14-20,24H,5-13H2,1-4H3. The van der Waals surface area contributed by atoms with Crippen LogP contribution in [0, 0.1) is 40.4 Å². The second kappa shape index (κ2) is 6.58. The maximum atomic E-state index is 12.6. The van der Waals surface area contributed by atoms with E-state index in [4.69, 9.17) is 4.74 Å². The Morgan fingerprint density at radius 2 is 1.92 bits per heavy atom. The van der Waals surface area contributed by atoms with Crippen LogP contribution in [0.1, 0.15) is 79.1 Å². The lowest BCUT2D eigenvalue weighted by Gasteiger charge is -2.61. The molecule has 3 nitrogen and oxygen atoms in total. The summed E-state index contributed by atoms with van der Waals surface area (Å²) in [5, 5.41) is 10.7. The molecule has 8 atom stereocenters. The summed E-state index contributed by atoms with van der Waals surface area (Å²) < 4.78 is 6.17. The number of fused-ring (bicyclic) bond motifs is 5. The third-order valence-electron chi connectivity index (χ3n) is 9.01. The topological polar surface area (TPSA) is 46.5 Å².